The molecule has 0 bridgehead atoms. The first kappa shape index (κ1) is 27.5. The molecule has 1 atom stereocenters. The van der Waals surface area contributed by atoms with E-state index < -0.39 is 27.9 Å². The number of carboxylic acids is 1. The lowest BCUT2D eigenvalue weighted by molar-refractivity contribution is -0.142. The first-order chi connectivity index (χ1) is 17.5. The van der Waals surface area contributed by atoms with Gasteiger partial charge in [0.25, 0.3) is 15.9 Å². The van der Waals surface area contributed by atoms with Crippen molar-refractivity contribution in [2.24, 2.45) is 10.8 Å². The van der Waals surface area contributed by atoms with Crippen LogP contribution in [-0.4, -0.2) is 42.2 Å². The molecule has 0 spiro atoms. The molecule has 0 aromatic heterocycles. The molecule has 3 rings (SSSR count). The summed E-state index contributed by atoms with van der Waals surface area (Å²) in [4.78, 5) is 29.7. The summed E-state index contributed by atoms with van der Waals surface area (Å²) in [5.41, 5.74) is 7.39. The molecule has 0 aliphatic carbocycles. The van der Waals surface area contributed by atoms with Gasteiger partial charge in [0, 0.05) is 12.0 Å². The van der Waals surface area contributed by atoms with E-state index in [1.807, 2.05) is 6.92 Å². The summed E-state index contributed by atoms with van der Waals surface area (Å²) in [7, 11) is -4.51. The zero-order valence-electron chi connectivity index (χ0n) is 20.7. The van der Waals surface area contributed by atoms with Crippen LogP contribution >= 0.6 is 0 Å². The number of amides is 1. The van der Waals surface area contributed by atoms with Crippen LogP contribution in [0.5, 0.6) is 0 Å². The monoisotopic (exact) mass is 523 g/mol. The van der Waals surface area contributed by atoms with Gasteiger partial charge in [-0.3, -0.25) is 15.0 Å². The Labute approximate surface area is 215 Å². The summed E-state index contributed by atoms with van der Waals surface area (Å²) in [6.07, 6.45) is 1.04. The number of hydrogen-bond donors (Lipinski definition) is 4. The molecule has 11 heteroatoms. The second-order valence-electron chi connectivity index (χ2n) is 8.49. The van der Waals surface area contributed by atoms with Crippen molar-refractivity contribution < 1.29 is 23.1 Å². The van der Waals surface area contributed by atoms with E-state index in [2.05, 4.69) is 15.8 Å². The van der Waals surface area contributed by atoms with E-state index in [1.165, 1.54) is 18.5 Å². The first-order valence-electron chi connectivity index (χ1n) is 11.3. The minimum Gasteiger partial charge on any atom is -0.480 e. The third-order valence-electron chi connectivity index (χ3n) is 5.57. The number of carbonyl (C=O) groups is 2. The van der Waals surface area contributed by atoms with Gasteiger partial charge in [0.15, 0.2) is 0 Å². The van der Waals surface area contributed by atoms with Gasteiger partial charge in [0.1, 0.15) is 12.4 Å². The standard InChI is InChI=1S/C26H29N5O5S/c1-17-12-18(2)24(19(3)13-17)37(35,36)31(23(26(33)34)14-20-8-5-4-6-9-20)30-25(32)21-10-7-11-22(15-21)28-16-29-27/h4-13,15-16,23H,14,27H2,1-3H3,(H,28,29)(H,30,32)(H,33,34)/t23-/m0/s1. The summed E-state index contributed by atoms with van der Waals surface area (Å²) >= 11 is 0. The maximum absolute atomic E-state index is 14.0. The summed E-state index contributed by atoms with van der Waals surface area (Å²) in [6, 6.07) is 16.4. The molecule has 0 saturated heterocycles. The predicted octanol–water partition coefficient (Wildman–Crippen LogP) is 2.77. The van der Waals surface area contributed by atoms with Crippen LogP contribution in [0.3, 0.4) is 0 Å². The van der Waals surface area contributed by atoms with E-state index in [0.29, 0.717) is 26.8 Å². The van der Waals surface area contributed by atoms with Crippen molar-refractivity contribution in [2.75, 3.05) is 0 Å². The van der Waals surface area contributed by atoms with Crippen LogP contribution in [-0.2, 0) is 21.2 Å². The Morgan fingerprint density at radius 2 is 1.68 bits per heavy atom. The number of hydrazine groups is 2. The van der Waals surface area contributed by atoms with E-state index in [-0.39, 0.29) is 16.9 Å². The first-order valence-corrected chi connectivity index (χ1v) is 12.8. The summed E-state index contributed by atoms with van der Waals surface area (Å²) in [6.45, 7) is 5.10. The maximum Gasteiger partial charge on any atom is 0.324 e. The number of aliphatic carboxylic acids is 1. The van der Waals surface area contributed by atoms with Crippen LogP contribution in [0.25, 0.3) is 0 Å². The molecule has 0 unspecified atom stereocenters. The van der Waals surface area contributed by atoms with Gasteiger partial charge in [0.05, 0.1) is 10.6 Å². The Bertz CT molecular complexity index is 1400. The van der Waals surface area contributed by atoms with Gasteiger partial charge in [0.2, 0.25) is 0 Å². The zero-order valence-corrected chi connectivity index (χ0v) is 21.5. The van der Waals surface area contributed by atoms with E-state index >= 15 is 0 Å². The highest BCUT2D eigenvalue weighted by molar-refractivity contribution is 7.89. The topological polar surface area (TPSA) is 154 Å². The lowest BCUT2D eigenvalue weighted by Gasteiger charge is -2.30. The van der Waals surface area contributed by atoms with Crippen LogP contribution in [0.15, 0.2) is 76.6 Å². The van der Waals surface area contributed by atoms with E-state index in [0.717, 1.165) is 5.56 Å². The van der Waals surface area contributed by atoms with Gasteiger partial charge in [-0.2, -0.15) is 0 Å². The van der Waals surface area contributed by atoms with Gasteiger partial charge in [-0.1, -0.05) is 58.5 Å². The third-order valence-corrected chi connectivity index (χ3v) is 7.59. The normalized spacial score (nSPS) is 12.5. The highest BCUT2D eigenvalue weighted by atomic mass is 32.2. The van der Waals surface area contributed by atoms with Gasteiger partial charge in [-0.05, 0) is 55.7 Å². The Morgan fingerprint density at radius 1 is 1.03 bits per heavy atom. The number of rotatable bonds is 10. The van der Waals surface area contributed by atoms with Crippen molar-refractivity contribution in [1.29, 1.82) is 0 Å². The van der Waals surface area contributed by atoms with Crippen molar-refractivity contribution >= 4 is 33.9 Å². The highest BCUT2D eigenvalue weighted by Gasteiger charge is 2.39. The average Bonchev–Trinajstić information content (AvgIpc) is 2.84. The van der Waals surface area contributed by atoms with E-state index in [1.54, 1.807) is 68.4 Å². The van der Waals surface area contributed by atoms with Crippen molar-refractivity contribution in [1.82, 2.24) is 15.3 Å². The number of aryl methyl sites for hydroxylation is 3. The molecule has 1 amide bonds. The van der Waals surface area contributed by atoms with Crippen LogP contribution < -0.4 is 16.7 Å². The Hall–Kier alpha value is -4.06. The third kappa shape index (κ3) is 6.58. The number of carbonyl (C=O) groups excluding carboxylic acids is 1. The zero-order chi connectivity index (χ0) is 27.2. The Balaban J connectivity index is 2.11. The summed E-state index contributed by atoms with van der Waals surface area (Å²) in [5, 5.41) is 10.1. The molecule has 3 aromatic rings. The fourth-order valence-corrected chi connectivity index (χ4v) is 5.92. The molecular weight excluding hydrogens is 494 g/mol. The van der Waals surface area contributed by atoms with Crippen LogP contribution in [0.2, 0.25) is 0 Å². The molecule has 3 aromatic carbocycles. The highest BCUT2D eigenvalue weighted by Crippen LogP contribution is 2.27. The predicted molar refractivity (Wildman–Crippen MR) is 141 cm³/mol. The number of nitrogens with two attached hydrogens (primary N) is 1. The maximum atomic E-state index is 14.0. The lowest BCUT2D eigenvalue weighted by atomic mass is 10.1. The van der Waals surface area contributed by atoms with Gasteiger partial charge in [-0.15, -0.1) is 0 Å². The van der Waals surface area contributed by atoms with Crippen molar-refractivity contribution in [3.8, 4) is 0 Å². The fourth-order valence-electron chi connectivity index (χ4n) is 4.09. The molecule has 10 nitrogen and oxygen atoms in total. The number of carboxylic acid groups (broad SMARTS) is 1. The number of sulfonamides is 1. The number of nitrogens with one attached hydrogen (secondary N) is 2. The van der Waals surface area contributed by atoms with Crippen molar-refractivity contribution in [3.05, 3.63) is 94.5 Å². The van der Waals surface area contributed by atoms with E-state index in [4.69, 9.17) is 5.84 Å². The number of hydrogen-bond acceptors (Lipinski definition) is 6. The largest absolute Gasteiger partial charge is 0.480 e. The second kappa shape index (κ2) is 11.8. The van der Waals surface area contributed by atoms with Crippen LogP contribution in [0.4, 0.5) is 5.69 Å². The van der Waals surface area contributed by atoms with Gasteiger partial charge < -0.3 is 10.5 Å². The number of benzene rings is 3. The Morgan fingerprint density at radius 3 is 2.27 bits per heavy atom. The molecule has 37 heavy (non-hydrogen) atoms. The van der Waals surface area contributed by atoms with E-state index in [9.17, 15) is 23.1 Å². The molecular formula is C26H29N5O5S. The molecule has 0 heterocycles. The molecule has 194 valence electrons. The van der Waals surface area contributed by atoms with Crippen LogP contribution in [0, 0.1) is 20.8 Å². The summed E-state index contributed by atoms with van der Waals surface area (Å²) in [5.74, 6) is 2.96. The average molecular weight is 524 g/mol. The minimum absolute atomic E-state index is 0.0647. The molecule has 0 aliphatic rings. The molecule has 0 aliphatic heterocycles. The second-order valence-corrected chi connectivity index (χ2v) is 10.2. The minimum atomic E-state index is -4.51. The van der Waals surface area contributed by atoms with Gasteiger partial charge in [-0.25, -0.2) is 19.3 Å². The Kier molecular flexibility index (Phi) is 8.77. The lowest BCUT2D eigenvalue weighted by Crippen LogP contribution is -2.55. The van der Waals surface area contributed by atoms with Crippen molar-refractivity contribution in [2.45, 2.75) is 38.1 Å². The smallest absolute Gasteiger partial charge is 0.324 e. The van der Waals surface area contributed by atoms with Gasteiger partial charge >= 0.3 is 5.97 Å². The number of nitrogens with zero attached hydrogens (tertiary/aromatic N) is 2. The molecule has 0 radical (unpaired) electrons. The number of aliphatic imine (C=N–C) groups is 1. The molecule has 5 N–H and O–H groups in total. The molecule has 0 fully saturated rings. The fraction of sp³-hybridized carbons (Fsp3) is 0.192. The quantitative estimate of drug-likeness (QED) is 0.138. The van der Waals surface area contributed by atoms with Crippen LogP contribution in [0.1, 0.15) is 32.6 Å². The van der Waals surface area contributed by atoms with Crippen molar-refractivity contribution in [3.63, 3.8) is 0 Å². The molecule has 0 saturated carbocycles. The summed E-state index contributed by atoms with van der Waals surface area (Å²) < 4.78 is 28.5. The SMILES string of the molecule is Cc1cc(C)c(S(=O)(=O)N(NC(=O)c2cccc(N=CNN)c2)[C@@H](Cc2ccccc2)C(=O)O)c(C)c1.